The van der Waals surface area contributed by atoms with Gasteiger partial charge >= 0.3 is 0 Å². The van der Waals surface area contributed by atoms with Crippen molar-refractivity contribution in [3.8, 4) is 10.8 Å². The first-order chi connectivity index (χ1) is 9.74. The lowest BCUT2D eigenvalue weighted by Crippen LogP contribution is -2.32. The van der Waals surface area contributed by atoms with Crippen molar-refractivity contribution in [1.82, 2.24) is 10.3 Å². The predicted molar refractivity (Wildman–Crippen MR) is 75.9 cm³/mol. The summed E-state index contributed by atoms with van der Waals surface area (Å²) in [5, 5.41) is 4.81. The van der Waals surface area contributed by atoms with Gasteiger partial charge in [-0.05, 0) is 31.2 Å². The van der Waals surface area contributed by atoms with Crippen LogP contribution in [-0.2, 0) is 4.74 Å². The summed E-state index contributed by atoms with van der Waals surface area (Å²) in [6.45, 7) is 3.07. The number of carbonyl (C=O) groups excluding carboxylic acids is 1. The first kappa shape index (κ1) is 13.3. The number of aromatic nitrogens is 1. The first-order valence-corrected chi connectivity index (χ1v) is 7.53. The van der Waals surface area contributed by atoms with Gasteiger partial charge in [0.1, 0.15) is 5.76 Å². The molecule has 0 spiro atoms. The van der Waals surface area contributed by atoms with Crippen molar-refractivity contribution in [3.63, 3.8) is 0 Å². The average molecular weight is 292 g/mol. The summed E-state index contributed by atoms with van der Waals surface area (Å²) < 4.78 is 11.0. The van der Waals surface area contributed by atoms with Crippen LogP contribution in [0.2, 0.25) is 0 Å². The van der Waals surface area contributed by atoms with Crippen molar-refractivity contribution in [2.45, 2.75) is 25.9 Å². The maximum atomic E-state index is 12.1. The molecule has 106 valence electrons. The van der Waals surface area contributed by atoms with Crippen LogP contribution >= 0.6 is 11.3 Å². The zero-order chi connectivity index (χ0) is 13.9. The molecular weight excluding hydrogens is 276 g/mol. The second-order valence-corrected chi connectivity index (χ2v) is 5.69. The van der Waals surface area contributed by atoms with E-state index in [-0.39, 0.29) is 12.0 Å². The molecule has 0 aliphatic carbocycles. The van der Waals surface area contributed by atoms with Crippen LogP contribution in [0.4, 0.5) is 0 Å². The van der Waals surface area contributed by atoms with Gasteiger partial charge in [0.05, 0.1) is 11.0 Å². The van der Waals surface area contributed by atoms with Gasteiger partial charge in [-0.3, -0.25) is 4.79 Å². The molecule has 20 heavy (non-hydrogen) atoms. The zero-order valence-electron chi connectivity index (χ0n) is 11.2. The molecule has 6 heteroatoms. The van der Waals surface area contributed by atoms with Crippen LogP contribution in [0, 0.1) is 6.92 Å². The fourth-order valence-electron chi connectivity index (χ4n) is 2.21. The van der Waals surface area contributed by atoms with Gasteiger partial charge in [-0.15, -0.1) is 11.3 Å². The number of rotatable bonds is 4. The van der Waals surface area contributed by atoms with E-state index in [0.29, 0.717) is 23.9 Å². The smallest absolute Gasteiger partial charge is 0.273 e. The molecule has 1 N–H and O–H groups in total. The highest BCUT2D eigenvalue weighted by Crippen LogP contribution is 2.25. The van der Waals surface area contributed by atoms with Gasteiger partial charge in [0.15, 0.2) is 5.69 Å². The molecule has 2 aromatic rings. The minimum absolute atomic E-state index is 0.128. The minimum atomic E-state index is -0.204. The average Bonchev–Trinajstić information content (AvgIpc) is 3.17. The van der Waals surface area contributed by atoms with E-state index in [4.69, 9.17) is 9.15 Å². The summed E-state index contributed by atoms with van der Waals surface area (Å²) in [5.74, 6) is 0.836. The minimum Gasteiger partial charge on any atom is -0.440 e. The summed E-state index contributed by atoms with van der Waals surface area (Å²) in [6.07, 6.45) is 2.19. The van der Waals surface area contributed by atoms with E-state index in [0.717, 1.165) is 24.3 Å². The summed E-state index contributed by atoms with van der Waals surface area (Å²) in [4.78, 5) is 17.3. The summed E-state index contributed by atoms with van der Waals surface area (Å²) in [5.41, 5.74) is 0.353. The van der Waals surface area contributed by atoms with Gasteiger partial charge in [-0.1, -0.05) is 6.07 Å². The molecule has 0 radical (unpaired) electrons. The lowest BCUT2D eigenvalue weighted by atomic mass is 10.2. The van der Waals surface area contributed by atoms with Crippen molar-refractivity contribution in [3.05, 3.63) is 29.0 Å². The number of thiophene rings is 1. The molecule has 1 atom stereocenters. The molecule has 5 nitrogen and oxygen atoms in total. The molecule has 0 unspecified atom stereocenters. The molecular formula is C14H16N2O3S. The highest BCUT2D eigenvalue weighted by atomic mass is 32.1. The van der Waals surface area contributed by atoms with Gasteiger partial charge in [0.25, 0.3) is 5.91 Å². The van der Waals surface area contributed by atoms with Crippen LogP contribution in [0.5, 0.6) is 0 Å². The largest absolute Gasteiger partial charge is 0.440 e. The zero-order valence-corrected chi connectivity index (χ0v) is 12.0. The number of oxazole rings is 1. The molecule has 2 aromatic heterocycles. The normalized spacial score (nSPS) is 18.4. The Morgan fingerprint density at radius 1 is 1.60 bits per heavy atom. The fraction of sp³-hybridized carbons (Fsp3) is 0.429. The van der Waals surface area contributed by atoms with Crippen molar-refractivity contribution in [2.24, 2.45) is 0 Å². The number of nitrogens with one attached hydrogen (secondary N) is 1. The second-order valence-electron chi connectivity index (χ2n) is 4.75. The Hall–Kier alpha value is -1.66. The molecule has 1 amide bonds. The van der Waals surface area contributed by atoms with Gasteiger partial charge in [-0.25, -0.2) is 4.98 Å². The molecule has 0 aromatic carbocycles. The summed E-state index contributed by atoms with van der Waals surface area (Å²) in [6, 6.07) is 3.85. The van der Waals surface area contributed by atoms with E-state index in [9.17, 15) is 4.79 Å². The van der Waals surface area contributed by atoms with Crippen molar-refractivity contribution < 1.29 is 13.9 Å². The van der Waals surface area contributed by atoms with Crippen molar-refractivity contribution in [2.75, 3.05) is 13.2 Å². The Labute approximate surface area is 121 Å². The highest BCUT2D eigenvalue weighted by molar-refractivity contribution is 7.13. The van der Waals surface area contributed by atoms with Gasteiger partial charge in [0, 0.05) is 13.2 Å². The third kappa shape index (κ3) is 2.76. The standard InChI is InChI=1S/C14H16N2O3S/c1-9-12(13(17)15-8-10-4-2-6-18-10)16-14(19-9)11-5-3-7-20-11/h3,5,7,10H,2,4,6,8H2,1H3,(H,15,17)/t10-/m1/s1. The van der Waals surface area contributed by atoms with Gasteiger partial charge in [-0.2, -0.15) is 0 Å². The SMILES string of the molecule is Cc1oc(-c2cccs2)nc1C(=O)NC[C@H]1CCCO1. The van der Waals surface area contributed by atoms with Crippen LogP contribution in [0.1, 0.15) is 29.1 Å². The third-order valence-corrected chi connectivity index (χ3v) is 4.12. The number of amides is 1. The number of aryl methyl sites for hydroxylation is 1. The fourth-order valence-corrected chi connectivity index (χ4v) is 2.86. The van der Waals surface area contributed by atoms with Crippen LogP contribution in [0.15, 0.2) is 21.9 Å². The number of ether oxygens (including phenoxy) is 1. The Bertz CT molecular complexity index is 586. The monoisotopic (exact) mass is 292 g/mol. The number of carbonyl (C=O) groups is 1. The van der Waals surface area contributed by atoms with E-state index in [1.807, 2.05) is 17.5 Å². The van der Waals surface area contributed by atoms with Crippen LogP contribution in [0.25, 0.3) is 10.8 Å². The Balaban J connectivity index is 1.68. The van der Waals surface area contributed by atoms with Crippen molar-refractivity contribution in [1.29, 1.82) is 0 Å². The first-order valence-electron chi connectivity index (χ1n) is 6.65. The van der Waals surface area contributed by atoms with E-state index in [2.05, 4.69) is 10.3 Å². The summed E-state index contributed by atoms with van der Waals surface area (Å²) >= 11 is 1.54. The molecule has 1 saturated heterocycles. The lowest BCUT2D eigenvalue weighted by molar-refractivity contribution is 0.0853. The Morgan fingerprint density at radius 3 is 3.20 bits per heavy atom. The molecule has 3 heterocycles. The van der Waals surface area contributed by atoms with E-state index < -0.39 is 0 Å². The Morgan fingerprint density at radius 2 is 2.50 bits per heavy atom. The van der Waals surface area contributed by atoms with E-state index >= 15 is 0 Å². The summed E-state index contributed by atoms with van der Waals surface area (Å²) in [7, 11) is 0. The van der Waals surface area contributed by atoms with Crippen LogP contribution < -0.4 is 5.32 Å². The number of hydrogen-bond donors (Lipinski definition) is 1. The lowest BCUT2D eigenvalue weighted by Gasteiger charge is -2.09. The second kappa shape index (κ2) is 5.76. The number of hydrogen-bond acceptors (Lipinski definition) is 5. The predicted octanol–water partition coefficient (Wildman–Crippen LogP) is 2.62. The molecule has 0 bridgehead atoms. The molecule has 1 aliphatic heterocycles. The molecule has 1 aliphatic rings. The van der Waals surface area contributed by atoms with E-state index in [1.165, 1.54) is 11.3 Å². The maximum absolute atomic E-state index is 12.1. The highest BCUT2D eigenvalue weighted by Gasteiger charge is 2.21. The van der Waals surface area contributed by atoms with Gasteiger partial charge < -0.3 is 14.5 Å². The maximum Gasteiger partial charge on any atom is 0.273 e. The third-order valence-electron chi connectivity index (χ3n) is 3.26. The molecule has 3 rings (SSSR count). The van der Waals surface area contributed by atoms with E-state index in [1.54, 1.807) is 6.92 Å². The quantitative estimate of drug-likeness (QED) is 0.941. The topological polar surface area (TPSA) is 64.4 Å². The molecule has 0 saturated carbocycles. The van der Waals surface area contributed by atoms with Crippen LogP contribution in [-0.4, -0.2) is 30.1 Å². The Kier molecular flexibility index (Phi) is 3.84. The van der Waals surface area contributed by atoms with Gasteiger partial charge in [0.2, 0.25) is 5.89 Å². The molecule has 1 fully saturated rings. The van der Waals surface area contributed by atoms with Crippen molar-refractivity contribution >= 4 is 17.2 Å². The number of nitrogens with zero attached hydrogens (tertiary/aromatic N) is 1. The van der Waals surface area contributed by atoms with Crippen LogP contribution in [0.3, 0.4) is 0 Å².